The van der Waals surface area contributed by atoms with Gasteiger partial charge >= 0.3 is 0 Å². The summed E-state index contributed by atoms with van der Waals surface area (Å²) in [6.45, 7) is 0. The molecule has 8 nitrogen and oxygen atoms in total. The Kier molecular flexibility index (Phi) is 6.68. The Morgan fingerprint density at radius 3 is 2.06 bits per heavy atom. The zero-order valence-corrected chi connectivity index (χ0v) is 17.3. The number of nitrogens with zero attached hydrogens (tertiary/aromatic N) is 2. The van der Waals surface area contributed by atoms with Gasteiger partial charge in [0.1, 0.15) is 0 Å². The molecule has 0 aromatic heterocycles. The molecular formula is C22H18N4O4S. The van der Waals surface area contributed by atoms with Crippen molar-refractivity contribution in [2.45, 2.75) is 0 Å². The highest BCUT2D eigenvalue weighted by Gasteiger charge is 2.14. The largest absolute Gasteiger partial charge is 0.332 e. The number of nitro benzene ring substituents is 1. The fourth-order valence-corrected chi connectivity index (χ4v) is 2.94. The van der Waals surface area contributed by atoms with Crippen LogP contribution < -0.4 is 15.5 Å². The first-order chi connectivity index (χ1) is 14.8. The van der Waals surface area contributed by atoms with Crippen LogP contribution in [-0.2, 0) is 0 Å². The number of carbonyl (C=O) groups excluding carboxylic acids is 2. The molecule has 9 heteroatoms. The average molecular weight is 434 g/mol. The van der Waals surface area contributed by atoms with Crippen LogP contribution >= 0.6 is 12.2 Å². The molecule has 0 radical (unpaired) electrons. The summed E-state index contributed by atoms with van der Waals surface area (Å²) in [4.78, 5) is 36.5. The van der Waals surface area contributed by atoms with Gasteiger partial charge in [0.2, 0.25) is 0 Å². The van der Waals surface area contributed by atoms with Crippen molar-refractivity contribution in [2.24, 2.45) is 0 Å². The Hall–Kier alpha value is -4.11. The minimum Gasteiger partial charge on any atom is -0.332 e. The summed E-state index contributed by atoms with van der Waals surface area (Å²) in [5, 5.41) is 16.1. The molecule has 0 aliphatic heterocycles. The number of thiocarbonyl (C=S) groups is 1. The molecule has 0 fully saturated rings. The predicted octanol–water partition coefficient (Wildman–Crippen LogP) is 4.00. The van der Waals surface area contributed by atoms with E-state index in [-0.39, 0.29) is 22.3 Å². The smallest absolute Gasteiger partial charge is 0.269 e. The van der Waals surface area contributed by atoms with Gasteiger partial charge in [0.25, 0.3) is 17.5 Å². The van der Waals surface area contributed by atoms with Crippen molar-refractivity contribution in [2.75, 3.05) is 17.3 Å². The van der Waals surface area contributed by atoms with Crippen LogP contribution in [0.4, 0.5) is 17.1 Å². The minimum atomic E-state index is -0.542. The molecular weight excluding hydrogens is 416 g/mol. The van der Waals surface area contributed by atoms with E-state index in [0.29, 0.717) is 11.3 Å². The van der Waals surface area contributed by atoms with Crippen LogP contribution in [0.25, 0.3) is 0 Å². The van der Waals surface area contributed by atoms with E-state index in [1.165, 1.54) is 24.3 Å². The Balaban J connectivity index is 1.59. The van der Waals surface area contributed by atoms with Crippen LogP contribution in [0.1, 0.15) is 20.7 Å². The second kappa shape index (κ2) is 9.59. The number of non-ortho nitro benzene ring substituents is 1. The fourth-order valence-electron chi connectivity index (χ4n) is 2.73. The number of rotatable bonds is 5. The van der Waals surface area contributed by atoms with Crippen molar-refractivity contribution in [3.05, 3.63) is 100 Å². The first-order valence-electron chi connectivity index (χ1n) is 9.15. The van der Waals surface area contributed by atoms with Crippen LogP contribution in [-0.4, -0.2) is 28.9 Å². The number of para-hydroxylation sites is 1. The van der Waals surface area contributed by atoms with E-state index in [0.717, 1.165) is 5.69 Å². The van der Waals surface area contributed by atoms with Crippen LogP contribution in [0.15, 0.2) is 78.9 Å². The highest BCUT2D eigenvalue weighted by Crippen LogP contribution is 2.17. The van der Waals surface area contributed by atoms with E-state index in [4.69, 9.17) is 12.2 Å². The van der Waals surface area contributed by atoms with Gasteiger partial charge in [0.05, 0.1) is 4.92 Å². The average Bonchev–Trinajstić information content (AvgIpc) is 2.79. The molecule has 0 heterocycles. The van der Waals surface area contributed by atoms with Crippen molar-refractivity contribution in [1.82, 2.24) is 5.32 Å². The number of hydrogen-bond donors (Lipinski definition) is 2. The van der Waals surface area contributed by atoms with Gasteiger partial charge in [-0.1, -0.05) is 18.2 Å². The molecule has 3 rings (SSSR count). The minimum absolute atomic E-state index is 0.0591. The Morgan fingerprint density at radius 2 is 1.48 bits per heavy atom. The molecule has 3 aromatic rings. The first kappa shape index (κ1) is 21.6. The molecule has 0 saturated heterocycles. The third kappa shape index (κ3) is 5.49. The second-order valence-electron chi connectivity index (χ2n) is 6.49. The molecule has 31 heavy (non-hydrogen) atoms. The molecule has 0 atom stereocenters. The molecule has 156 valence electrons. The van der Waals surface area contributed by atoms with Gasteiger partial charge in [-0.15, -0.1) is 0 Å². The van der Waals surface area contributed by atoms with Crippen molar-refractivity contribution in [1.29, 1.82) is 0 Å². The molecule has 0 bridgehead atoms. The van der Waals surface area contributed by atoms with E-state index in [2.05, 4.69) is 10.6 Å². The SMILES string of the molecule is CN(C(=O)c1ccc(NC(=S)NC(=O)c2ccc([N+](=O)[O-])cc2)cc1)c1ccccc1. The number of hydrogen-bond acceptors (Lipinski definition) is 5. The number of anilines is 2. The summed E-state index contributed by atoms with van der Waals surface area (Å²) in [5.41, 5.74) is 2.00. The van der Waals surface area contributed by atoms with Gasteiger partial charge in [-0.05, 0) is 60.7 Å². The maximum absolute atomic E-state index is 12.6. The number of amides is 2. The van der Waals surface area contributed by atoms with Gasteiger partial charge in [-0.2, -0.15) is 0 Å². The lowest BCUT2D eigenvalue weighted by Gasteiger charge is -2.17. The summed E-state index contributed by atoms with van der Waals surface area (Å²) in [7, 11) is 1.70. The number of carbonyl (C=O) groups is 2. The Bertz CT molecular complexity index is 1120. The maximum atomic E-state index is 12.6. The Labute approximate surface area is 183 Å². The monoisotopic (exact) mass is 434 g/mol. The summed E-state index contributed by atoms with van der Waals surface area (Å²) >= 11 is 5.14. The van der Waals surface area contributed by atoms with Crippen LogP contribution in [0.3, 0.4) is 0 Å². The van der Waals surface area contributed by atoms with Gasteiger partial charge in [0, 0.05) is 41.7 Å². The molecule has 0 spiro atoms. The zero-order valence-electron chi connectivity index (χ0n) is 16.4. The lowest BCUT2D eigenvalue weighted by Crippen LogP contribution is -2.34. The number of nitrogens with one attached hydrogen (secondary N) is 2. The van der Waals surface area contributed by atoms with Gasteiger partial charge in [-0.3, -0.25) is 25.0 Å². The molecule has 0 saturated carbocycles. The van der Waals surface area contributed by atoms with E-state index >= 15 is 0 Å². The van der Waals surface area contributed by atoms with Crippen LogP contribution in [0, 0.1) is 10.1 Å². The van der Waals surface area contributed by atoms with Gasteiger partial charge in [-0.25, -0.2) is 0 Å². The van der Waals surface area contributed by atoms with Crippen LogP contribution in [0.5, 0.6) is 0 Å². The molecule has 0 aliphatic carbocycles. The van der Waals surface area contributed by atoms with Crippen molar-refractivity contribution in [3.63, 3.8) is 0 Å². The van der Waals surface area contributed by atoms with Gasteiger partial charge < -0.3 is 10.2 Å². The van der Waals surface area contributed by atoms with Crippen molar-refractivity contribution < 1.29 is 14.5 Å². The molecule has 2 amide bonds. The quantitative estimate of drug-likeness (QED) is 0.357. The lowest BCUT2D eigenvalue weighted by atomic mass is 10.1. The number of benzene rings is 3. The van der Waals surface area contributed by atoms with E-state index in [1.54, 1.807) is 36.2 Å². The summed E-state index contributed by atoms with van der Waals surface area (Å²) in [6.07, 6.45) is 0. The topological polar surface area (TPSA) is 105 Å². The highest BCUT2D eigenvalue weighted by molar-refractivity contribution is 7.80. The normalized spacial score (nSPS) is 10.1. The predicted molar refractivity (Wildman–Crippen MR) is 122 cm³/mol. The summed E-state index contributed by atoms with van der Waals surface area (Å²) in [5.74, 6) is -0.657. The number of nitro groups is 1. The third-order valence-electron chi connectivity index (χ3n) is 4.41. The lowest BCUT2D eigenvalue weighted by molar-refractivity contribution is -0.384. The molecule has 2 N–H and O–H groups in total. The fraction of sp³-hybridized carbons (Fsp3) is 0.0455. The highest BCUT2D eigenvalue weighted by atomic mass is 32.1. The van der Waals surface area contributed by atoms with E-state index in [1.807, 2.05) is 30.3 Å². The first-order valence-corrected chi connectivity index (χ1v) is 9.56. The van der Waals surface area contributed by atoms with E-state index < -0.39 is 10.8 Å². The summed E-state index contributed by atoms with van der Waals surface area (Å²) in [6, 6.07) is 21.1. The molecule has 0 aliphatic rings. The molecule has 3 aromatic carbocycles. The van der Waals surface area contributed by atoms with Crippen molar-refractivity contribution >= 4 is 46.2 Å². The van der Waals surface area contributed by atoms with Gasteiger partial charge in [0.15, 0.2) is 5.11 Å². The van der Waals surface area contributed by atoms with Crippen molar-refractivity contribution in [3.8, 4) is 0 Å². The van der Waals surface area contributed by atoms with E-state index in [9.17, 15) is 19.7 Å². The second-order valence-corrected chi connectivity index (χ2v) is 6.90. The Morgan fingerprint density at radius 1 is 0.903 bits per heavy atom. The zero-order chi connectivity index (χ0) is 22.4. The standard InChI is InChI=1S/C22H18N4O4S/c1-25(18-5-3-2-4-6-18)21(28)16-7-11-17(12-8-16)23-22(31)24-20(27)15-9-13-19(14-10-15)26(29)30/h2-14H,1H3,(H2,23,24,27,31). The third-order valence-corrected chi connectivity index (χ3v) is 4.61. The maximum Gasteiger partial charge on any atom is 0.269 e. The summed E-state index contributed by atoms with van der Waals surface area (Å²) < 4.78 is 0. The van der Waals surface area contributed by atoms with Crippen LogP contribution in [0.2, 0.25) is 0 Å². The molecule has 0 unspecified atom stereocenters.